The lowest BCUT2D eigenvalue weighted by molar-refractivity contribution is 0.182. The van der Waals surface area contributed by atoms with E-state index in [1.54, 1.807) is 11.7 Å². The van der Waals surface area contributed by atoms with E-state index in [9.17, 15) is 4.79 Å². The Hall–Kier alpha value is -1.75. The summed E-state index contributed by atoms with van der Waals surface area (Å²) in [6.45, 7) is 2.24. The molecule has 2 aromatic rings. The van der Waals surface area contributed by atoms with Crippen LogP contribution in [0.3, 0.4) is 0 Å². The van der Waals surface area contributed by atoms with Crippen LogP contribution in [-0.4, -0.2) is 29.9 Å². The molecule has 0 amide bonds. The quantitative estimate of drug-likeness (QED) is 0.892. The summed E-state index contributed by atoms with van der Waals surface area (Å²) in [5.74, 6) is 1.12. The molecule has 1 N–H and O–H groups in total. The average molecular weight is 248 g/mol. The lowest BCUT2D eigenvalue weighted by Gasteiger charge is -2.09. The number of nitrogens with one attached hydrogen (secondary N) is 1. The fourth-order valence-electron chi connectivity index (χ4n) is 2.49. The Kier molecular flexibility index (Phi) is 2.83. The summed E-state index contributed by atoms with van der Waals surface area (Å²) in [6.07, 6.45) is 1.02. The van der Waals surface area contributed by atoms with Gasteiger partial charge >= 0.3 is 5.69 Å². The van der Waals surface area contributed by atoms with Crippen molar-refractivity contribution in [2.45, 2.75) is 13.0 Å². The van der Waals surface area contributed by atoms with E-state index in [0.29, 0.717) is 18.2 Å². The van der Waals surface area contributed by atoms with Crippen LogP contribution in [0.2, 0.25) is 0 Å². The zero-order chi connectivity index (χ0) is 12.5. The molecule has 1 fully saturated rings. The van der Waals surface area contributed by atoms with Crippen LogP contribution in [0.4, 0.5) is 0 Å². The van der Waals surface area contributed by atoms with Crippen LogP contribution in [0.15, 0.2) is 23.0 Å². The van der Waals surface area contributed by atoms with Gasteiger partial charge in [0.2, 0.25) is 0 Å². The van der Waals surface area contributed by atoms with Crippen LogP contribution < -0.4 is 10.4 Å². The van der Waals surface area contributed by atoms with Gasteiger partial charge < -0.3 is 14.5 Å². The molecule has 0 bridgehead atoms. The number of aromatic amines is 1. The second-order valence-corrected chi connectivity index (χ2v) is 4.62. The molecular weight excluding hydrogens is 232 g/mol. The minimum Gasteiger partial charge on any atom is -0.494 e. The summed E-state index contributed by atoms with van der Waals surface area (Å²) < 4.78 is 12.4. The third kappa shape index (κ3) is 1.80. The van der Waals surface area contributed by atoms with Crippen molar-refractivity contribution < 1.29 is 9.47 Å². The molecule has 1 aromatic carbocycles. The molecule has 1 saturated heterocycles. The van der Waals surface area contributed by atoms with E-state index in [1.165, 1.54) is 0 Å². The first kappa shape index (κ1) is 11.3. The maximum atomic E-state index is 12.0. The molecule has 3 rings (SSSR count). The summed E-state index contributed by atoms with van der Waals surface area (Å²) in [6, 6.07) is 5.68. The average Bonchev–Trinajstić information content (AvgIpc) is 2.99. The van der Waals surface area contributed by atoms with Gasteiger partial charge in [0.05, 0.1) is 19.2 Å². The number of methoxy groups -OCH3 is 1. The number of fused-ring (bicyclic) bond motifs is 1. The van der Waals surface area contributed by atoms with Crippen molar-refractivity contribution in [3.63, 3.8) is 0 Å². The Morgan fingerprint density at radius 1 is 1.56 bits per heavy atom. The molecule has 1 aliphatic heterocycles. The molecule has 0 radical (unpaired) electrons. The van der Waals surface area contributed by atoms with Crippen LogP contribution in [0.25, 0.3) is 11.0 Å². The number of aromatic nitrogens is 2. The van der Waals surface area contributed by atoms with Crippen molar-refractivity contribution in [1.29, 1.82) is 0 Å². The van der Waals surface area contributed by atoms with Gasteiger partial charge in [0.25, 0.3) is 0 Å². The van der Waals surface area contributed by atoms with Gasteiger partial charge in [-0.05, 0) is 18.6 Å². The molecule has 1 aromatic heterocycles. The third-order valence-corrected chi connectivity index (χ3v) is 3.46. The lowest BCUT2D eigenvalue weighted by atomic mass is 10.1. The minimum atomic E-state index is -0.0820. The third-order valence-electron chi connectivity index (χ3n) is 3.46. The summed E-state index contributed by atoms with van der Waals surface area (Å²) in [7, 11) is 1.61. The smallest absolute Gasteiger partial charge is 0.326 e. The van der Waals surface area contributed by atoms with E-state index >= 15 is 0 Å². The zero-order valence-electron chi connectivity index (χ0n) is 10.3. The van der Waals surface area contributed by atoms with E-state index in [0.717, 1.165) is 30.7 Å². The van der Waals surface area contributed by atoms with E-state index in [1.807, 2.05) is 18.2 Å². The Morgan fingerprint density at radius 3 is 3.17 bits per heavy atom. The van der Waals surface area contributed by atoms with Crippen LogP contribution in [0.5, 0.6) is 5.75 Å². The molecule has 1 atom stereocenters. The second-order valence-electron chi connectivity index (χ2n) is 4.62. The predicted molar refractivity (Wildman–Crippen MR) is 68.0 cm³/mol. The van der Waals surface area contributed by atoms with Gasteiger partial charge in [-0.25, -0.2) is 4.79 Å². The Bertz CT molecular complexity index is 608. The highest BCUT2D eigenvalue weighted by molar-refractivity contribution is 5.81. The SMILES string of the molecule is COc1cccc2c1[nH]c(=O)n2CC1CCOC1. The van der Waals surface area contributed by atoms with E-state index < -0.39 is 0 Å². The van der Waals surface area contributed by atoms with E-state index in [2.05, 4.69) is 4.98 Å². The lowest BCUT2D eigenvalue weighted by Crippen LogP contribution is -2.21. The fraction of sp³-hybridized carbons (Fsp3) is 0.462. The van der Waals surface area contributed by atoms with Crippen molar-refractivity contribution in [3.8, 4) is 5.75 Å². The molecule has 5 heteroatoms. The van der Waals surface area contributed by atoms with E-state index in [4.69, 9.17) is 9.47 Å². The molecule has 18 heavy (non-hydrogen) atoms. The van der Waals surface area contributed by atoms with Gasteiger partial charge in [-0.15, -0.1) is 0 Å². The molecule has 0 spiro atoms. The van der Waals surface area contributed by atoms with Crippen molar-refractivity contribution in [2.75, 3.05) is 20.3 Å². The highest BCUT2D eigenvalue weighted by Crippen LogP contribution is 2.23. The molecule has 1 unspecified atom stereocenters. The summed E-state index contributed by atoms with van der Waals surface area (Å²) in [5, 5.41) is 0. The molecule has 1 aliphatic rings. The summed E-state index contributed by atoms with van der Waals surface area (Å²) >= 11 is 0. The largest absolute Gasteiger partial charge is 0.494 e. The first-order valence-electron chi connectivity index (χ1n) is 6.13. The molecule has 0 saturated carbocycles. The van der Waals surface area contributed by atoms with E-state index in [-0.39, 0.29) is 5.69 Å². The summed E-state index contributed by atoms with van der Waals surface area (Å²) in [4.78, 5) is 14.9. The zero-order valence-corrected chi connectivity index (χ0v) is 10.3. The van der Waals surface area contributed by atoms with Crippen molar-refractivity contribution in [3.05, 3.63) is 28.7 Å². The number of para-hydroxylation sites is 1. The molecule has 5 nitrogen and oxygen atoms in total. The van der Waals surface area contributed by atoms with Crippen LogP contribution in [0, 0.1) is 5.92 Å². The van der Waals surface area contributed by atoms with Crippen molar-refractivity contribution >= 4 is 11.0 Å². The second kappa shape index (κ2) is 4.49. The maximum absolute atomic E-state index is 12.0. The number of nitrogens with zero attached hydrogens (tertiary/aromatic N) is 1. The number of hydrogen-bond donors (Lipinski definition) is 1. The number of benzene rings is 1. The number of H-pyrrole nitrogens is 1. The van der Waals surface area contributed by atoms with Gasteiger partial charge in [-0.2, -0.15) is 0 Å². The standard InChI is InChI=1S/C13H16N2O3/c1-17-11-4-2-3-10-12(11)14-13(16)15(10)7-9-5-6-18-8-9/h2-4,9H,5-8H2,1H3,(H,14,16). The normalized spacial score (nSPS) is 19.5. The highest BCUT2D eigenvalue weighted by Gasteiger charge is 2.19. The van der Waals surface area contributed by atoms with Crippen molar-refractivity contribution in [1.82, 2.24) is 9.55 Å². The van der Waals surface area contributed by atoms with Gasteiger partial charge in [-0.1, -0.05) is 6.07 Å². The Labute approximate surface area is 104 Å². The van der Waals surface area contributed by atoms with Gasteiger partial charge in [0.1, 0.15) is 11.3 Å². The number of imidazole rings is 1. The predicted octanol–water partition coefficient (Wildman–Crippen LogP) is 1.37. The maximum Gasteiger partial charge on any atom is 0.326 e. The fourth-order valence-corrected chi connectivity index (χ4v) is 2.49. The van der Waals surface area contributed by atoms with Crippen LogP contribution >= 0.6 is 0 Å². The molecule has 96 valence electrons. The number of hydrogen-bond acceptors (Lipinski definition) is 3. The Balaban J connectivity index is 2.05. The first-order valence-corrected chi connectivity index (χ1v) is 6.13. The Morgan fingerprint density at radius 2 is 2.44 bits per heavy atom. The number of rotatable bonds is 3. The highest BCUT2D eigenvalue weighted by atomic mass is 16.5. The van der Waals surface area contributed by atoms with Crippen LogP contribution in [-0.2, 0) is 11.3 Å². The minimum absolute atomic E-state index is 0.0820. The van der Waals surface area contributed by atoms with Gasteiger partial charge in [-0.3, -0.25) is 4.57 Å². The first-order chi connectivity index (χ1) is 8.79. The van der Waals surface area contributed by atoms with Gasteiger partial charge in [0.15, 0.2) is 0 Å². The van der Waals surface area contributed by atoms with Crippen LogP contribution in [0.1, 0.15) is 6.42 Å². The number of ether oxygens (including phenoxy) is 2. The van der Waals surface area contributed by atoms with Crippen molar-refractivity contribution in [2.24, 2.45) is 5.92 Å². The molecular formula is C13H16N2O3. The molecule has 2 heterocycles. The van der Waals surface area contributed by atoms with Gasteiger partial charge in [0, 0.05) is 19.1 Å². The summed E-state index contributed by atoms with van der Waals surface area (Å²) in [5.41, 5.74) is 1.58. The molecule has 0 aliphatic carbocycles. The topological polar surface area (TPSA) is 56.2 Å². The monoisotopic (exact) mass is 248 g/mol.